The van der Waals surface area contributed by atoms with Gasteiger partial charge in [0.15, 0.2) is 0 Å². The lowest BCUT2D eigenvalue weighted by Gasteiger charge is -2.09. The van der Waals surface area contributed by atoms with Crippen molar-refractivity contribution in [2.45, 2.75) is 26.7 Å². The van der Waals surface area contributed by atoms with Gasteiger partial charge in [-0.1, -0.05) is 43.5 Å². The first kappa shape index (κ1) is 25.8. The first-order valence-electron chi connectivity index (χ1n) is 10.7. The maximum atomic E-state index is 13.1. The fraction of sp³-hybridized carbons (Fsp3) is 0.154. The van der Waals surface area contributed by atoms with Crippen molar-refractivity contribution in [1.82, 2.24) is 15.6 Å². The summed E-state index contributed by atoms with van der Waals surface area (Å²) in [6.45, 7) is 10.9. The van der Waals surface area contributed by atoms with Crippen molar-refractivity contribution in [3.8, 4) is 0 Å². The van der Waals surface area contributed by atoms with Crippen LogP contribution in [-0.2, 0) is 11.2 Å². The Morgan fingerprint density at radius 3 is 2.50 bits per heavy atom. The number of nitro benzene ring substituents is 1. The van der Waals surface area contributed by atoms with Crippen LogP contribution in [0.4, 0.5) is 5.69 Å². The zero-order chi connectivity index (χ0) is 25.1. The van der Waals surface area contributed by atoms with Gasteiger partial charge in [0, 0.05) is 40.9 Å². The molecule has 0 saturated heterocycles. The summed E-state index contributed by atoms with van der Waals surface area (Å²) in [6.07, 6.45) is 13.7. The molecule has 1 aromatic heterocycles. The third-order valence-electron chi connectivity index (χ3n) is 4.84. The Morgan fingerprint density at radius 1 is 1.12 bits per heavy atom. The minimum absolute atomic E-state index is 0.0689. The molecule has 2 amide bonds. The molecule has 34 heavy (non-hydrogen) atoms. The molecule has 1 aromatic carbocycles. The van der Waals surface area contributed by atoms with E-state index in [0.717, 1.165) is 0 Å². The summed E-state index contributed by atoms with van der Waals surface area (Å²) in [4.78, 5) is 39.5. The molecule has 0 unspecified atom stereocenters. The van der Waals surface area contributed by atoms with Crippen molar-refractivity contribution in [3.63, 3.8) is 0 Å². The zero-order valence-electron chi connectivity index (χ0n) is 19.3. The average molecular weight is 461 g/mol. The number of nitrogens with zero attached hydrogens (tertiary/aromatic N) is 1. The van der Waals surface area contributed by atoms with E-state index in [-0.39, 0.29) is 30.1 Å². The van der Waals surface area contributed by atoms with Crippen molar-refractivity contribution in [2.75, 3.05) is 0 Å². The minimum Gasteiger partial charge on any atom is -0.350 e. The monoisotopic (exact) mass is 460 g/mol. The Hall–Kier alpha value is -4.46. The minimum atomic E-state index is -0.496. The van der Waals surface area contributed by atoms with E-state index in [0.29, 0.717) is 27.9 Å². The van der Waals surface area contributed by atoms with Gasteiger partial charge in [0.25, 0.3) is 11.6 Å². The molecular formula is C26H28N4O4. The topological polar surface area (TPSA) is 117 Å². The highest BCUT2D eigenvalue weighted by molar-refractivity contribution is 6.02. The van der Waals surface area contributed by atoms with Crippen LogP contribution in [0.5, 0.6) is 0 Å². The van der Waals surface area contributed by atoms with E-state index in [4.69, 9.17) is 0 Å². The van der Waals surface area contributed by atoms with Crippen LogP contribution in [0.15, 0.2) is 91.4 Å². The van der Waals surface area contributed by atoms with Gasteiger partial charge >= 0.3 is 0 Å². The van der Waals surface area contributed by atoms with E-state index in [1.165, 1.54) is 12.1 Å². The van der Waals surface area contributed by atoms with Crippen LogP contribution in [0.2, 0.25) is 0 Å². The number of fused-ring (bicyclic) bond motifs is 1. The highest BCUT2D eigenvalue weighted by Crippen LogP contribution is 2.28. The third kappa shape index (κ3) is 6.77. The fourth-order valence-electron chi connectivity index (χ4n) is 3.29. The number of nitrogens with one attached hydrogen (secondary N) is 3. The molecule has 1 heterocycles. The number of nitro groups is 1. The first-order valence-corrected chi connectivity index (χ1v) is 10.7. The molecule has 176 valence electrons. The Bertz CT molecular complexity index is 1230. The van der Waals surface area contributed by atoms with Gasteiger partial charge in [0.05, 0.1) is 4.92 Å². The van der Waals surface area contributed by atoms with E-state index in [1.807, 2.05) is 6.92 Å². The van der Waals surface area contributed by atoms with E-state index in [1.54, 1.807) is 61.6 Å². The van der Waals surface area contributed by atoms with Crippen molar-refractivity contribution in [3.05, 3.63) is 113 Å². The predicted molar refractivity (Wildman–Crippen MR) is 135 cm³/mol. The Labute approximate surface area is 198 Å². The second-order valence-corrected chi connectivity index (χ2v) is 7.16. The molecule has 0 fully saturated rings. The first-order chi connectivity index (χ1) is 16.3. The number of non-ortho nitro benzene ring substituents is 1. The van der Waals surface area contributed by atoms with E-state index >= 15 is 0 Å². The molecule has 0 bridgehead atoms. The predicted octanol–water partition coefficient (Wildman–Crippen LogP) is 5.15. The summed E-state index contributed by atoms with van der Waals surface area (Å²) < 4.78 is 0. The van der Waals surface area contributed by atoms with Crippen molar-refractivity contribution >= 4 is 28.4 Å². The van der Waals surface area contributed by atoms with Crippen LogP contribution in [-0.4, -0.2) is 21.7 Å². The van der Waals surface area contributed by atoms with Gasteiger partial charge in [-0.3, -0.25) is 19.7 Å². The molecule has 2 aromatic rings. The number of aryl methyl sites for hydroxylation is 1. The summed E-state index contributed by atoms with van der Waals surface area (Å²) in [5.41, 5.74) is 2.37. The molecule has 0 atom stereocenters. The van der Waals surface area contributed by atoms with Gasteiger partial charge in [-0.2, -0.15) is 0 Å². The van der Waals surface area contributed by atoms with Gasteiger partial charge in [-0.25, -0.2) is 0 Å². The number of carbonyl (C=O) groups is 2. The van der Waals surface area contributed by atoms with Crippen molar-refractivity contribution < 1.29 is 14.5 Å². The van der Waals surface area contributed by atoms with Gasteiger partial charge in [-0.05, 0) is 50.1 Å². The van der Waals surface area contributed by atoms with Gasteiger partial charge in [0.2, 0.25) is 5.91 Å². The zero-order valence-corrected chi connectivity index (χ0v) is 19.3. The number of amides is 2. The number of benzene rings is 1. The smallest absolute Gasteiger partial charge is 0.272 e. The van der Waals surface area contributed by atoms with Crippen LogP contribution in [0.25, 0.3) is 10.9 Å². The molecule has 0 aliphatic carbocycles. The summed E-state index contributed by atoms with van der Waals surface area (Å²) in [6, 6.07) is 4.33. The SMILES string of the molecule is C=C/C=C\C(=C/C)NC(=O)CCc1c(C(=O)NC(/C=C\C)=C/C=C)[nH]c2ccc([N+](=O)[O-])cc12. The third-order valence-corrected chi connectivity index (χ3v) is 4.84. The fourth-order valence-corrected chi connectivity index (χ4v) is 3.29. The molecule has 2 rings (SSSR count). The van der Waals surface area contributed by atoms with Crippen molar-refractivity contribution in [1.29, 1.82) is 0 Å². The Kier molecular flexibility index (Phi) is 9.52. The Balaban J connectivity index is 2.41. The van der Waals surface area contributed by atoms with Crippen LogP contribution in [0, 0.1) is 10.1 Å². The molecule has 8 nitrogen and oxygen atoms in total. The molecule has 8 heteroatoms. The lowest BCUT2D eigenvalue weighted by Crippen LogP contribution is -2.24. The second-order valence-electron chi connectivity index (χ2n) is 7.16. The van der Waals surface area contributed by atoms with E-state index < -0.39 is 10.8 Å². The standard InChI is InChI=1S/C26H28N4O4/c1-5-9-12-18(8-4)27-24(31)16-14-21-22-17-20(30(33)34)13-15-23(22)29-25(21)26(32)28-19(10-6-2)11-7-3/h5-13,15,17,29H,1-2,14,16H2,3-4H3,(H,27,31)(H,28,32)/b11-7-,12-9-,18-8+,19-10+. The number of hydrogen-bond donors (Lipinski definition) is 3. The van der Waals surface area contributed by atoms with Crippen LogP contribution >= 0.6 is 0 Å². The molecule has 3 N–H and O–H groups in total. The summed E-state index contributed by atoms with van der Waals surface area (Å²) in [5, 5.41) is 17.4. The number of H-pyrrole nitrogens is 1. The Morgan fingerprint density at radius 2 is 1.88 bits per heavy atom. The largest absolute Gasteiger partial charge is 0.350 e. The number of rotatable bonds is 11. The highest BCUT2D eigenvalue weighted by Gasteiger charge is 2.21. The average Bonchev–Trinajstić information content (AvgIpc) is 3.18. The number of aromatic nitrogens is 1. The van der Waals surface area contributed by atoms with Crippen LogP contribution in [0.1, 0.15) is 36.3 Å². The quantitative estimate of drug-likeness (QED) is 0.244. The highest BCUT2D eigenvalue weighted by atomic mass is 16.6. The van der Waals surface area contributed by atoms with E-state index in [9.17, 15) is 19.7 Å². The lowest BCUT2D eigenvalue weighted by molar-refractivity contribution is -0.384. The molecule has 0 aliphatic heterocycles. The van der Waals surface area contributed by atoms with Gasteiger partial charge in [0.1, 0.15) is 5.69 Å². The number of carbonyl (C=O) groups excluding carboxylic acids is 2. The number of allylic oxidation sites excluding steroid dienone is 8. The van der Waals surface area contributed by atoms with Gasteiger partial charge < -0.3 is 15.6 Å². The maximum absolute atomic E-state index is 13.1. The molecule has 0 spiro atoms. The second kappa shape index (κ2) is 12.5. The van der Waals surface area contributed by atoms with Crippen LogP contribution < -0.4 is 10.6 Å². The van der Waals surface area contributed by atoms with E-state index in [2.05, 4.69) is 28.8 Å². The molecular weight excluding hydrogens is 432 g/mol. The van der Waals surface area contributed by atoms with Gasteiger partial charge in [-0.15, -0.1) is 0 Å². The summed E-state index contributed by atoms with van der Waals surface area (Å²) >= 11 is 0. The normalized spacial score (nSPS) is 12.3. The number of hydrogen-bond acceptors (Lipinski definition) is 4. The van der Waals surface area contributed by atoms with Crippen molar-refractivity contribution in [2.24, 2.45) is 0 Å². The number of aromatic amines is 1. The lowest BCUT2D eigenvalue weighted by atomic mass is 10.0. The summed E-state index contributed by atoms with van der Waals surface area (Å²) in [7, 11) is 0. The van der Waals surface area contributed by atoms with Crippen LogP contribution in [0.3, 0.4) is 0 Å². The molecule has 0 saturated carbocycles. The summed E-state index contributed by atoms with van der Waals surface area (Å²) in [5.74, 6) is -0.683. The molecule has 0 radical (unpaired) electrons. The molecule has 0 aliphatic rings. The maximum Gasteiger partial charge on any atom is 0.272 e.